The highest BCUT2D eigenvalue weighted by molar-refractivity contribution is 5.30. The van der Waals surface area contributed by atoms with E-state index in [0.29, 0.717) is 0 Å². The highest BCUT2D eigenvalue weighted by atomic mass is 15.4. The van der Waals surface area contributed by atoms with Gasteiger partial charge in [0.15, 0.2) is 5.82 Å². The average Bonchev–Trinajstić information content (AvgIpc) is 2.76. The Labute approximate surface area is 125 Å². The maximum Gasteiger partial charge on any atom is 0.240 e. The maximum atomic E-state index is 5.71. The molecule has 1 aromatic rings. The lowest BCUT2D eigenvalue weighted by Gasteiger charge is -2.04. The lowest BCUT2D eigenvalue weighted by Crippen LogP contribution is -2.15. The minimum Gasteiger partial charge on any atom is -0.366 e. The fourth-order valence-corrected chi connectivity index (χ4v) is 2.25. The molecule has 1 aromatic heterocycles. The van der Waals surface area contributed by atoms with Crippen molar-refractivity contribution in [3.05, 3.63) is 53.9 Å². The molecule has 21 heavy (non-hydrogen) atoms. The number of aryl methyl sites for hydroxylation is 1. The molecule has 0 unspecified atom stereocenters. The molecule has 4 N–H and O–H groups in total. The van der Waals surface area contributed by atoms with Crippen molar-refractivity contribution in [2.75, 3.05) is 11.6 Å². The number of aromatic nitrogens is 3. The van der Waals surface area contributed by atoms with Gasteiger partial charge in [0.2, 0.25) is 5.95 Å². The van der Waals surface area contributed by atoms with Crippen molar-refractivity contribution in [2.45, 2.75) is 38.5 Å². The number of nitrogen functional groups attached to an aromatic ring is 2. The fourth-order valence-electron chi connectivity index (χ4n) is 2.25. The van der Waals surface area contributed by atoms with E-state index in [0.717, 1.165) is 25.1 Å². The summed E-state index contributed by atoms with van der Waals surface area (Å²) in [6.45, 7) is 0. The van der Waals surface area contributed by atoms with Crippen molar-refractivity contribution >= 4 is 5.95 Å². The van der Waals surface area contributed by atoms with Gasteiger partial charge in [0, 0.05) is 6.42 Å². The Kier molecular flexibility index (Phi) is 5.82. The number of anilines is 1. The minimum absolute atomic E-state index is 0.273. The van der Waals surface area contributed by atoms with E-state index < -0.39 is 0 Å². The smallest absolute Gasteiger partial charge is 0.240 e. The highest BCUT2D eigenvalue weighted by Gasteiger charge is 2.05. The van der Waals surface area contributed by atoms with Crippen LogP contribution in [-0.4, -0.2) is 14.9 Å². The largest absolute Gasteiger partial charge is 0.366 e. The van der Waals surface area contributed by atoms with Crippen LogP contribution in [0.25, 0.3) is 0 Å². The fraction of sp³-hybridized carbons (Fsp3) is 0.375. The molecule has 0 amide bonds. The molecule has 1 aliphatic carbocycles. The monoisotopic (exact) mass is 285 g/mol. The molecule has 0 radical (unpaired) electrons. The molecule has 0 saturated carbocycles. The zero-order valence-electron chi connectivity index (χ0n) is 12.3. The Morgan fingerprint density at radius 2 is 1.57 bits per heavy atom. The topological polar surface area (TPSA) is 82.8 Å². The molecule has 0 atom stereocenters. The summed E-state index contributed by atoms with van der Waals surface area (Å²) in [6.07, 6.45) is 21.3. The number of rotatable bonds is 7. The van der Waals surface area contributed by atoms with E-state index >= 15 is 0 Å². The molecule has 0 spiro atoms. The molecular weight excluding hydrogens is 262 g/mol. The van der Waals surface area contributed by atoms with Crippen LogP contribution in [0.3, 0.4) is 0 Å². The summed E-state index contributed by atoms with van der Waals surface area (Å²) >= 11 is 0. The van der Waals surface area contributed by atoms with Crippen LogP contribution < -0.4 is 11.6 Å². The van der Waals surface area contributed by atoms with Crippen LogP contribution in [0.15, 0.2) is 48.1 Å². The van der Waals surface area contributed by atoms with E-state index in [9.17, 15) is 0 Å². The van der Waals surface area contributed by atoms with E-state index in [1.165, 1.54) is 29.5 Å². The van der Waals surface area contributed by atoms with Crippen molar-refractivity contribution in [1.82, 2.24) is 14.9 Å². The van der Waals surface area contributed by atoms with Crippen LogP contribution in [0.1, 0.15) is 37.9 Å². The van der Waals surface area contributed by atoms with Gasteiger partial charge >= 0.3 is 0 Å². The predicted octanol–water partition coefficient (Wildman–Crippen LogP) is 2.68. The third-order valence-electron chi connectivity index (χ3n) is 3.47. The van der Waals surface area contributed by atoms with Crippen molar-refractivity contribution < 1.29 is 0 Å². The van der Waals surface area contributed by atoms with Crippen molar-refractivity contribution in [2.24, 2.45) is 0 Å². The number of allylic oxidation sites excluding steroid dienone is 8. The van der Waals surface area contributed by atoms with Gasteiger partial charge in [0.05, 0.1) is 0 Å². The molecule has 5 heteroatoms. The van der Waals surface area contributed by atoms with Crippen molar-refractivity contribution in [3.63, 3.8) is 0 Å². The third-order valence-corrected chi connectivity index (χ3v) is 3.47. The first kappa shape index (κ1) is 15.1. The third kappa shape index (κ3) is 4.95. The summed E-state index contributed by atoms with van der Waals surface area (Å²) in [4.78, 5) is 0. The lowest BCUT2D eigenvalue weighted by atomic mass is 10.0. The van der Waals surface area contributed by atoms with Crippen molar-refractivity contribution in [3.8, 4) is 0 Å². The summed E-state index contributed by atoms with van der Waals surface area (Å²) < 4.78 is 1.37. The average molecular weight is 285 g/mol. The molecule has 112 valence electrons. The molecule has 0 bridgehead atoms. The number of nitrogens with zero attached hydrogens (tertiary/aromatic N) is 3. The number of hydrogen-bond acceptors (Lipinski definition) is 4. The molecule has 0 aromatic carbocycles. The number of hydrogen-bond donors (Lipinski definition) is 2. The Bertz CT molecular complexity index is 563. The van der Waals surface area contributed by atoms with Gasteiger partial charge in [-0.3, -0.25) is 0 Å². The summed E-state index contributed by atoms with van der Waals surface area (Å²) in [7, 11) is 0. The van der Waals surface area contributed by atoms with Crippen LogP contribution in [0, 0.1) is 0 Å². The first-order chi connectivity index (χ1) is 10.3. The van der Waals surface area contributed by atoms with E-state index in [-0.39, 0.29) is 5.95 Å². The van der Waals surface area contributed by atoms with Gasteiger partial charge in [-0.15, -0.1) is 10.2 Å². The SMILES string of the molecule is Nc1nnc(CCCCCCC2=C/C=C\C=C/C=C2)n1N. The summed E-state index contributed by atoms with van der Waals surface area (Å²) in [5.74, 6) is 6.74. The van der Waals surface area contributed by atoms with Gasteiger partial charge in [0.1, 0.15) is 0 Å². The molecule has 1 aliphatic rings. The quantitative estimate of drug-likeness (QED) is 0.596. The van der Waals surface area contributed by atoms with Crippen molar-refractivity contribution in [1.29, 1.82) is 0 Å². The van der Waals surface area contributed by atoms with Gasteiger partial charge in [-0.1, -0.05) is 55.4 Å². The first-order valence-corrected chi connectivity index (χ1v) is 7.43. The Balaban J connectivity index is 1.61. The minimum atomic E-state index is 0.273. The Morgan fingerprint density at radius 1 is 0.857 bits per heavy atom. The van der Waals surface area contributed by atoms with E-state index in [4.69, 9.17) is 11.6 Å². The summed E-state index contributed by atoms with van der Waals surface area (Å²) in [6, 6.07) is 0. The zero-order valence-corrected chi connectivity index (χ0v) is 12.3. The van der Waals surface area contributed by atoms with Crippen LogP contribution in [-0.2, 0) is 6.42 Å². The molecule has 0 fully saturated rings. The van der Waals surface area contributed by atoms with E-state index in [1.54, 1.807) is 0 Å². The second-order valence-electron chi connectivity index (χ2n) is 5.13. The van der Waals surface area contributed by atoms with E-state index in [1.807, 2.05) is 6.08 Å². The van der Waals surface area contributed by atoms with Crippen LogP contribution in [0.2, 0.25) is 0 Å². The van der Waals surface area contributed by atoms with Gasteiger partial charge in [-0.05, 0) is 24.8 Å². The predicted molar refractivity (Wildman–Crippen MR) is 86.9 cm³/mol. The Hall–Kier alpha value is -2.30. The molecule has 2 rings (SSSR count). The summed E-state index contributed by atoms with van der Waals surface area (Å²) in [5.41, 5.74) is 6.92. The maximum absolute atomic E-state index is 5.71. The van der Waals surface area contributed by atoms with Gasteiger partial charge < -0.3 is 11.6 Å². The molecule has 1 heterocycles. The lowest BCUT2D eigenvalue weighted by molar-refractivity contribution is 0.624. The molecule has 5 nitrogen and oxygen atoms in total. The van der Waals surface area contributed by atoms with Gasteiger partial charge in [0.25, 0.3) is 0 Å². The first-order valence-electron chi connectivity index (χ1n) is 7.43. The second kappa shape index (κ2) is 8.09. The van der Waals surface area contributed by atoms with E-state index in [2.05, 4.69) is 46.7 Å². The van der Waals surface area contributed by atoms with Crippen LogP contribution >= 0.6 is 0 Å². The Morgan fingerprint density at radius 3 is 2.33 bits per heavy atom. The van der Waals surface area contributed by atoms with Gasteiger partial charge in [-0.25, -0.2) is 4.68 Å². The molecular formula is C16H23N5. The standard InChI is InChI=1S/C16H23N5/c17-16-20-19-15(21(16)18)13-9-5-4-8-12-14-10-6-2-1-3-7-11-14/h1-3,6-7,10-11H,4-5,8-9,12-13,18H2,(H2,17,20)/b2-1-,3-1?,6-2?,7-3-,10-6?,11-7?,14-10?,14-11?. The van der Waals surface area contributed by atoms with Crippen LogP contribution in [0.5, 0.6) is 0 Å². The molecule has 0 aliphatic heterocycles. The zero-order chi connectivity index (χ0) is 14.9. The highest BCUT2D eigenvalue weighted by Crippen LogP contribution is 2.14. The summed E-state index contributed by atoms with van der Waals surface area (Å²) in [5, 5.41) is 7.70. The second-order valence-corrected chi connectivity index (χ2v) is 5.13. The normalized spacial score (nSPS) is 17.0. The number of nitrogens with two attached hydrogens (primary N) is 2. The van der Waals surface area contributed by atoms with Gasteiger partial charge in [-0.2, -0.15) is 0 Å². The van der Waals surface area contributed by atoms with Crippen LogP contribution in [0.4, 0.5) is 5.95 Å². The number of unbranched alkanes of at least 4 members (excludes halogenated alkanes) is 3. The molecule has 0 saturated heterocycles.